The second kappa shape index (κ2) is 8.65. The molecule has 1 aromatic carbocycles. The zero-order chi connectivity index (χ0) is 20.4. The van der Waals surface area contributed by atoms with Crippen LogP contribution in [-0.4, -0.2) is 20.9 Å². The van der Waals surface area contributed by atoms with Crippen molar-refractivity contribution in [3.05, 3.63) is 51.4 Å². The quantitative estimate of drug-likeness (QED) is 0.681. The van der Waals surface area contributed by atoms with Crippen LogP contribution in [0.5, 0.6) is 0 Å². The molecule has 9 heteroatoms. The van der Waals surface area contributed by atoms with E-state index in [-0.39, 0.29) is 33.0 Å². The maximum atomic E-state index is 12.6. The van der Waals surface area contributed by atoms with Crippen LogP contribution in [0.1, 0.15) is 48.7 Å². The average Bonchev–Trinajstić information content (AvgIpc) is 2.99. The summed E-state index contributed by atoms with van der Waals surface area (Å²) in [4.78, 5) is 12.4. The summed E-state index contributed by atoms with van der Waals surface area (Å²) in [7, 11) is -3.88. The maximum Gasteiger partial charge on any atom is 0.253 e. The van der Waals surface area contributed by atoms with Crippen molar-refractivity contribution in [2.24, 2.45) is 5.92 Å². The molecule has 1 aromatic heterocycles. The second-order valence-corrected chi connectivity index (χ2v) is 9.20. The predicted molar refractivity (Wildman–Crippen MR) is 106 cm³/mol. The standard InChI is InChI=1S/C18H22Cl2N2O4S/c1-10(2)9-21-27(24,25)17-7-13(14(19)8-15(17)20)18(23)22-12(4)16-6-5-11(3)26-16/h5-8,10,12,21H,9H2,1-4H3,(H,22,23). The lowest BCUT2D eigenvalue weighted by atomic mass is 10.2. The summed E-state index contributed by atoms with van der Waals surface area (Å²) < 4.78 is 33.0. The lowest BCUT2D eigenvalue weighted by molar-refractivity contribution is 0.0935. The first-order chi connectivity index (χ1) is 12.5. The summed E-state index contributed by atoms with van der Waals surface area (Å²) in [6.45, 7) is 7.56. The van der Waals surface area contributed by atoms with Gasteiger partial charge in [0, 0.05) is 6.54 Å². The molecule has 0 saturated carbocycles. The molecule has 6 nitrogen and oxygen atoms in total. The normalized spacial score (nSPS) is 13.0. The van der Waals surface area contributed by atoms with Crippen LogP contribution in [0.4, 0.5) is 0 Å². The highest BCUT2D eigenvalue weighted by molar-refractivity contribution is 7.89. The molecule has 0 spiro atoms. The van der Waals surface area contributed by atoms with Gasteiger partial charge in [-0.3, -0.25) is 4.79 Å². The van der Waals surface area contributed by atoms with Crippen molar-refractivity contribution in [1.29, 1.82) is 0 Å². The van der Waals surface area contributed by atoms with Crippen molar-refractivity contribution in [2.75, 3.05) is 6.54 Å². The Morgan fingerprint density at radius 3 is 2.37 bits per heavy atom. The molecule has 0 radical (unpaired) electrons. The highest BCUT2D eigenvalue weighted by Gasteiger charge is 2.24. The summed E-state index contributed by atoms with van der Waals surface area (Å²) in [5.74, 6) is 0.891. The molecular formula is C18H22Cl2N2O4S. The summed E-state index contributed by atoms with van der Waals surface area (Å²) in [6, 6.07) is 5.57. The van der Waals surface area contributed by atoms with Gasteiger partial charge in [-0.2, -0.15) is 0 Å². The van der Waals surface area contributed by atoms with Gasteiger partial charge in [-0.25, -0.2) is 13.1 Å². The van der Waals surface area contributed by atoms with E-state index < -0.39 is 22.0 Å². The molecule has 2 rings (SSSR count). The van der Waals surface area contributed by atoms with E-state index in [4.69, 9.17) is 27.6 Å². The molecule has 1 amide bonds. The minimum atomic E-state index is -3.88. The van der Waals surface area contributed by atoms with Crippen LogP contribution in [0.15, 0.2) is 33.6 Å². The lowest BCUT2D eigenvalue weighted by Crippen LogP contribution is -2.29. The molecule has 2 aromatic rings. The number of hydrogen-bond acceptors (Lipinski definition) is 4. The molecule has 0 aliphatic carbocycles. The number of halogens is 2. The molecule has 0 fully saturated rings. The monoisotopic (exact) mass is 432 g/mol. The topological polar surface area (TPSA) is 88.4 Å². The van der Waals surface area contributed by atoms with Gasteiger partial charge in [-0.15, -0.1) is 0 Å². The van der Waals surface area contributed by atoms with Gasteiger partial charge in [-0.1, -0.05) is 37.0 Å². The van der Waals surface area contributed by atoms with Gasteiger partial charge < -0.3 is 9.73 Å². The first-order valence-corrected chi connectivity index (χ1v) is 10.6. The summed E-state index contributed by atoms with van der Waals surface area (Å²) in [5, 5.41) is 2.74. The zero-order valence-electron chi connectivity index (χ0n) is 15.5. The number of carbonyl (C=O) groups is 1. The molecule has 0 aliphatic heterocycles. The molecule has 1 heterocycles. The molecule has 0 aliphatic rings. The number of benzene rings is 1. The van der Waals surface area contributed by atoms with Gasteiger partial charge >= 0.3 is 0 Å². The second-order valence-electron chi connectivity index (χ2n) is 6.65. The maximum absolute atomic E-state index is 12.6. The van der Waals surface area contributed by atoms with Crippen LogP contribution in [0, 0.1) is 12.8 Å². The highest BCUT2D eigenvalue weighted by Crippen LogP contribution is 2.29. The van der Waals surface area contributed by atoms with Crippen molar-refractivity contribution >= 4 is 39.1 Å². The Kier molecular flexibility index (Phi) is 6.97. The first-order valence-electron chi connectivity index (χ1n) is 8.37. The molecule has 1 atom stereocenters. The van der Waals surface area contributed by atoms with Gasteiger partial charge in [0.05, 0.1) is 21.7 Å². The van der Waals surface area contributed by atoms with Crippen molar-refractivity contribution in [3.63, 3.8) is 0 Å². The Bertz CT molecular complexity index is 939. The van der Waals surface area contributed by atoms with E-state index in [0.717, 1.165) is 5.76 Å². The van der Waals surface area contributed by atoms with Gasteiger partial charge in [-0.05, 0) is 44.0 Å². The number of rotatable bonds is 7. The van der Waals surface area contributed by atoms with E-state index in [1.807, 2.05) is 13.8 Å². The Morgan fingerprint density at radius 2 is 1.81 bits per heavy atom. The largest absolute Gasteiger partial charge is 0.464 e. The van der Waals surface area contributed by atoms with E-state index in [1.165, 1.54) is 12.1 Å². The number of furan rings is 1. The minimum Gasteiger partial charge on any atom is -0.464 e. The Morgan fingerprint density at radius 1 is 1.15 bits per heavy atom. The van der Waals surface area contributed by atoms with Crippen LogP contribution >= 0.6 is 23.2 Å². The number of hydrogen-bond donors (Lipinski definition) is 2. The van der Waals surface area contributed by atoms with Gasteiger partial charge in [0.2, 0.25) is 10.0 Å². The molecular weight excluding hydrogens is 411 g/mol. The predicted octanol–water partition coefficient (Wildman–Crippen LogP) is 4.32. The van der Waals surface area contributed by atoms with Gasteiger partial charge in [0.1, 0.15) is 16.4 Å². The number of nitrogens with one attached hydrogen (secondary N) is 2. The fourth-order valence-corrected chi connectivity index (χ4v) is 4.37. The minimum absolute atomic E-state index is 0.0149. The summed E-state index contributed by atoms with van der Waals surface area (Å²) in [5.41, 5.74) is 0.0149. The van der Waals surface area contributed by atoms with E-state index in [1.54, 1.807) is 26.0 Å². The van der Waals surface area contributed by atoms with Crippen LogP contribution < -0.4 is 10.0 Å². The van der Waals surface area contributed by atoms with Crippen LogP contribution in [0.25, 0.3) is 0 Å². The third-order valence-corrected chi connectivity index (χ3v) is 5.97. The van der Waals surface area contributed by atoms with Gasteiger partial charge in [0.25, 0.3) is 5.91 Å². The van der Waals surface area contributed by atoms with Crippen molar-refractivity contribution in [2.45, 2.75) is 38.6 Å². The molecule has 27 heavy (non-hydrogen) atoms. The first kappa shape index (κ1) is 21.8. The molecule has 148 valence electrons. The van der Waals surface area contributed by atoms with Gasteiger partial charge in [0.15, 0.2) is 0 Å². The number of amides is 1. The van der Waals surface area contributed by atoms with Crippen LogP contribution in [-0.2, 0) is 10.0 Å². The molecule has 1 unspecified atom stereocenters. The average molecular weight is 433 g/mol. The number of carbonyl (C=O) groups excluding carboxylic acids is 1. The van der Waals surface area contributed by atoms with E-state index in [0.29, 0.717) is 5.76 Å². The SMILES string of the molecule is Cc1ccc(C(C)NC(=O)c2cc(S(=O)(=O)NCC(C)C)c(Cl)cc2Cl)o1. The van der Waals surface area contributed by atoms with Crippen molar-refractivity contribution < 1.29 is 17.6 Å². The number of aryl methyl sites for hydroxylation is 1. The Balaban J connectivity index is 2.30. The fourth-order valence-electron chi connectivity index (χ4n) is 2.29. The van der Waals surface area contributed by atoms with E-state index >= 15 is 0 Å². The zero-order valence-corrected chi connectivity index (χ0v) is 17.8. The smallest absolute Gasteiger partial charge is 0.253 e. The summed E-state index contributed by atoms with van der Waals surface area (Å²) >= 11 is 12.2. The third-order valence-electron chi connectivity index (χ3n) is 3.77. The fraction of sp³-hybridized carbons (Fsp3) is 0.389. The lowest BCUT2D eigenvalue weighted by Gasteiger charge is -2.15. The molecule has 0 saturated heterocycles. The van der Waals surface area contributed by atoms with Crippen LogP contribution in [0.2, 0.25) is 10.0 Å². The van der Waals surface area contributed by atoms with Crippen molar-refractivity contribution in [1.82, 2.24) is 10.0 Å². The Hall–Kier alpha value is -1.54. The summed E-state index contributed by atoms with van der Waals surface area (Å²) in [6.07, 6.45) is 0. The van der Waals surface area contributed by atoms with E-state index in [9.17, 15) is 13.2 Å². The highest BCUT2D eigenvalue weighted by atomic mass is 35.5. The molecule has 2 N–H and O–H groups in total. The van der Waals surface area contributed by atoms with Crippen molar-refractivity contribution in [3.8, 4) is 0 Å². The Labute approximate surface area is 169 Å². The van der Waals surface area contributed by atoms with E-state index in [2.05, 4.69) is 10.0 Å². The van der Waals surface area contributed by atoms with Crippen LogP contribution in [0.3, 0.4) is 0 Å². The number of sulfonamides is 1. The third kappa shape index (κ3) is 5.48. The molecule has 0 bridgehead atoms.